The van der Waals surface area contributed by atoms with Crippen LogP contribution in [0.25, 0.3) is 0 Å². The fourth-order valence-corrected chi connectivity index (χ4v) is 2.32. The van der Waals surface area contributed by atoms with Gasteiger partial charge in [-0.05, 0) is 22.9 Å². The van der Waals surface area contributed by atoms with Crippen LogP contribution in [0.15, 0.2) is 52.9 Å². The molecule has 0 fully saturated rings. The van der Waals surface area contributed by atoms with E-state index in [0.29, 0.717) is 4.88 Å². The Morgan fingerprint density at radius 2 is 1.89 bits per heavy atom. The summed E-state index contributed by atoms with van der Waals surface area (Å²) in [5.41, 5.74) is 4.54. The monoisotopic (exact) mass is 272 g/mol. The Hall–Kier alpha value is -1.94. The van der Waals surface area contributed by atoms with E-state index in [1.54, 1.807) is 6.07 Å². The van der Waals surface area contributed by atoms with E-state index < -0.39 is 0 Å². The summed E-state index contributed by atoms with van der Waals surface area (Å²) in [6, 6.07) is 13.5. The van der Waals surface area contributed by atoms with Crippen LogP contribution in [0.2, 0.25) is 0 Å². The van der Waals surface area contributed by atoms with Crippen LogP contribution in [0.5, 0.6) is 0 Å². The number of hydrazone groups is 1. The molecule has 0 atom stereocenters. The van der Waals surface area contributed by atoms with Crippen molar-refractivity contribution in [2.24, 2.45) is 11.0 Å². The van der Waals surface area contributed by atoms with E-state index in [4.69, 9.17) is 0 Å². The number of rotatable bonds is 4. The molecule has 1 aromatic carbocycles. The molecule has 98 valence electrons. The Morgan fingerprint density at radius 3 is 2.47 bits per heavy atom. The van der Waals surface area contributed by atoms with Gasteiger partial charge in [-0.25, -0.2) is 5.43 Å². The first-order valence-corrected chi connectivity index (χ1v) is 7.03. The third-order valence-electron chi connectivity index (χ3n) is 2.64. The van der Waals surface area contributed by atoms with Crippen LogP contribution in [0, 0.1) is 5.92 Å². The lowest BCUT2D eigenvalue weighted by Gasteiger charge is -2.10. The smallest absolute Gasteiger partial charge is 0.266 e. The van der Waals surface area contributed by atoms with E-state index in [9.17, 15) is 4.79 Å². The highest BCUT2D eigenvalue weighted by Crippen LogP contribution is 2.10. The predicted octanol–water partition coefficient (Wildman–Crippen LogP) is 3.54. The number of thiophene rings is 1. The maximum Gasteiger partial charge on any atom is 0.281 e. The van der Waals surface area contributed by atoms with Crippen molar-refractivity contribution in [3.05, 3.63) is 58.3 Å². The number of benzene rings is 1. The molecule has 2 aromatic rings. The molecule has 1 aromatic heterocycles. The highest BCUT2D eigenvalue weighted by atomic mass is 32.1. The Balaban J connectivity index is 2.16. The molecule has 0 saturated heterocycles. The quantitative estimate of drug-likeness (QED) is 0.671. The molecule has 0 aliphatic heterocycles. The molecular formula is C15H16N2OS. The normalized spacial score (nSPS) is 11.6. The molecule has 3 nitrogen and oxygen atoms in total. The minimum Gasteiger partial charge on any atom is -0.266 e. The molecule has 1 heterocycles. The average molecular weight is 272 g/mol. The summed E-state index contributed by atoms with van der Waals surface area (Å²) in [6.45, 7) is 4.12. The van der Waals surface area contributed by atoms with E-state index in [1.165, 1.54) is 11.3 Å². The number of hydrogen-bond donors (Lipinski definition) is 1. The summed E-state index contributed by atoms with van der Waals surface area (Å²) in [4.78, 5) is 12.5. The maximum atomic E-state index is 11.9. The van der Waals surface area contributed by atoms with Gasteiger partial charge in [0, 0.05) is 0 Å². The van der Waals surface area contributed by atoms with Crippen molar-refractivity contribution in [3.63, 3.8) is 0 Å². The predicted molar refractivity (Wildman–Crippen MR) is 79.6 cm³/mol. The molecule has 19 heavy (non-hydrogen) atoms. The zero-order valence-corrected chi connectivity index (χ0v) is 11.8. The molecule has 0 saturated carbocycles. The highest BCUT2D eigenvalue weighted by Gasteiger charge is 2.10. The van der Waals surface area contributed by atoms with Gasteiger partial charge in [0.1, 0.15) is 0 Å². The van der Waals surface area contributed by atoms with Gasteiger partial charge in [0.05, 0.1) is 10.6 Å². The molecular weight excluding hydrogens is 256 g/mol. The van der Waals surface area contributed by atoms with Gasteiger partial charge in [-0.2, -0.15) is 5.10 Å². The molecule has 0 radical (unpaired) electrons. The van der Waals surface area contributed by atoms with Gasteiger partial charge in [-0.3, -0.25) is 4.79 Å². The zero-order chi connectivity index (χ0) is 13.7. The third kappa shape index (κ3) is 3.51. The first-order chi connectivity index (χ1) is 9.18. The second kappa shape index (κ2) is 6.29. The summed E-state index contributed by atoms with van der Waals surface area (Å²) in [5.74, 6) is 0.0788. The Bertz CT molecular complexity index is 559. The van der Waals surface area contributed by atoms with Gasteiger partial charge in [0.25, 0.3) is 5.91 Å². The Morgan fingerprint density at radius 1 is 1.16 bits per heavy atom. The summed E-state index contributed by atoms with van der Waals surface area (Å²) >= 11 is 1.41. The van der Waals surface area contributed by atoms with Crippen molar-refractivity contribution in [1.82, 2.24) is 5.43 Å². The molecule has 1 N–H and O–H groups in total. The first kappa shape index (κ1) is 13.5. The standard InChI is InChI=1S/C15H16N2OS/c1-11(2)14(12-7-4-3-5-8-12)16-17-15(18)13-9-6-10-19-13/h3-11H,1-2H3,(H,17,18). The van der Waals surface area contributed by atoms with Crippen LogP contribution in [0.4, 0.5) is 0 Å². The minimum atomic E-state index is -0.163. The van der Waals surface area contributed by atoms with Gasteiger partial charge in [0.2, 0.25) is 0 Å². The van der Waals surface area contributed by atoms with Gasteiger partial charge in [-0.1, -0.05) is 50.2 Å². The number of hydrogen-bond acceptors (Lipinski definition) is 3. The fraction of sp³-hybridized carbons (Fsp3) is 0.200. The molecule has 2 rings (SSSR count). The number of carbonyl (C=O) groups is 1. The number of amides is 1. The SMILES string of the molecule is CC(C)C(=NNC(=O)c1cccs1)c1ccccc1. The largest absolute Gasteiger partial charge is 0.281 e. The number of nitrogens with one attached hydrogen (secondary N) is 1. The highest BCUT2D eigenvalue weighted by molar-refractivity contribution is 7.12. The van der Waals surface area contributed by atoms with E-state index in [2.05, 4.69) is 24.4 Å². The molecule has 0 spiro atoms. The van der Waals surface area contributed by atoms with Crippen LogP contribution in [0.1, 0.15) is 29.1 Å². The van der Waals surface area contributed by atoms with Crippen molar-refractivity contribution < 1.29 is 4.79 Å². The van der Waals surface area contributed by atoms with Crippen LogP contribution in [-0.4, -0.2) is 11.6 Å². The van der Waals surface area contributed by atoms with Crippen LogP contribution in [0.3, 0.4) is 0 Å². The Labute approximate surface area is 117 Å². The van der Waals surface area contributed by atoms with Crippen molar-refractivity contribution in [2.45, 2.75) is 13.8 Å². The zero-order valence-electron chi connectivity index (χ0n) is 11.0. The van der Waals surface area contributed by atoms with Crippen molar-refractivity contribution in [2.75, 3.05) is 0 Å². The fourth-order valence-electron chi connectivity index (χ4n) is 1.71. The summed E-state index contributed by atoms with van der Waals surface area (Å²) in [5, 5.41) is 6.15. The number of nitrogens with zero attached hydrogens (tertiary/aromatic N) is 1. The van der Waals surface area contributed by atoms with E-state index in [0.717, 1.165) is 11.3 Å². The van der Waals surface area contributed by atoms with Gasteiger partial charge in [-0.15, -0.1) is 11.3 Å². The topological polar surface area (TPSA) is 41.5 Å². The van der Waals surface area contributed by atoms with Gasteiger partial charge in [0.15, 0.2) is 0 Å². The molecule has 0 aliphatic carbocycles. The van der Waals surface area contributed by atoms with E-state index in [-0.39, 0.29) is 11.8 Å². The average Bonchev–Trinajstić information content (AvgIpc) is 2.93. The second-order valence-corrected chi connectivity index (χ2v) is 5.38. The molecule has 4 heteroatoms. The number of carbonyl (C=O) groups excluding carboxylic acids is 1. The third-order valence-corrected chi connectivity index (χ3v) is 3.51. The maximum absolute atomic E-state index is 11.9. The van der Waals surface area contributed by atoms with Crippen molar-refractivity contribution in [1.29, 1.82) is 0 Å². The van der Waals surface area contributed by atoms with E-state index in [1.807, 2.05) is 41.8 Å². The van der Waals surface area contributed by atoms with Crippen molar-refractivity contribution >= 4 is 23.0 Å². The van der Waals surface area contributed by atoms with Crippen molar-refractivity contribution in [3.8, 4) is 0 Å². The lowest BCUT2D eigenvalue weighted by Crippen LogP contribution is -2.21. The second-order valence-electron chi connectivity index (χ2n) is 4.44. The van der Waals surface area contributed by atoms with Gasteiger partial charge < -0.3 is 0 Å². The summed E-state index contributed by atoms with van der Waals surface area (Å²) in [7, 11) is 0. The molecule has 0 unspecified atom stereocenters. The lowest BCUT2D eigenvalue weighted by molar-refractivity contribution is 0.0959. The van der Waals surface area contributed by atoms with Crippen LogP contribution in [-0.2, 0) is 0 Å². The summed E-state index contributed by atoms with van der Waals surface area (Å²) < 4.78 is 0. The van der Waals surface area contributed by atoms with Crippen LogP contribution < -0.4 is 5.43 Å². The summed E-state index contributed by atoms with van der Waals surface area (Å²) in [6.07, 6.45) is 0. The first-order valence-electron chi connectivity index (χ1n) is 6.15. The van der Waals surface area contributed by atoms with Gasteiger partial charge >= 0.3 is 0 Å². The lowest BCUT2D eigenvalue weighted by atomic mass is 10.0. The van der Waals surface area contributed by atoms with E-state index >= 15 is 0 Å². The molecule has 0 bridgehead atoms. The Kier molecular flexibility index (Phi) is 4.47. The molecule has 1 amide bonds. The minimum absolute atomic E-state index is 0.163. The van der Waals surface area contributed by atoms with Crippen LogP contribution >= 0.6 is 11.3 Å². The molecule has 0 aliphatic rings.